The number of carbonyl (C=O) groups is 2. The van der Waals surface area contributed by atoms with Crippen LogP contribution in [-0.4, -0.2) is 52.4 Å². The Kier molecular flexibility index (Phi) is 5.83. The summed E-state index contributed by atoms with van der Waals surface area (Å²) >= 11 is 0. The summed E-state index contributed by atoms with van der Waals surface area (Å²) in [5, 5.41) is 11.6. The summed E-state index contributed by atoms with van der Waals surface area (Å²) in [4.78, 5) is 21.2. The number of anilines is 1. The Balaban J connectivity index is 0.000000555. The molecule has 1 aromatic rings. The molecule has 10 heteroatoms. The number of alkyl halides is 3. The molecule has 19 heavy (non-hydrogen) atoms. The van der Waals surface area contributed by atoms with Crippen LogP contribution in [0.3, 0.4) is 0 Å². The van der Waals surface area contributed by atoms with Gasteiger partial charge in [-0.3, -0.25) is 9.48 Å². The van der Waals surface area contributed by atoms with Gasteiger partial charge < -0.3 is 15.7 Å². The number of nitrogens with zero attached hydrogens (tertiary/aromatic N) is 3. The minimum Gasteiger partial charge on any atom is -0.476 e. The molecule has 0 aromatic carbocycles. The van der Waals surface area contributed by atoms with Crippen molar-refractivity contribution in [3.63, 3.8) is 0 Å². The molecule has 0 aliphatic carbocycles. The normalized spacial score (nSPS) is 10.4. The number of hydrogen-bond donors (Lipinski definition) is 2. The van der Waals surface area contributed by atoms with E-state index in [9.17, 15) is 22.8 Å². The Bertz CT molecular complexity index is 442. The molecule has 0 aliphatic rings. The van der Waals surface area contributed by atoms with Gasteiger partial charge in [-0.2, -0.15) is 18.3 Å². The highest BCUT2D eigenvalue weighted by molar-refractivity contribution is 5.91. The topological polar surface area (TPSA) is 101 Å². The fourth-order valence-electron chi connectivity index (χ4n) is 0.868. The number of nitrogens with two attached hydrogens (primary N) is 1. The third kappa shape index (κ3) is 6.91. The molecule has 0 atom stereocenters. The van der Waals surface area contributed by atoms with E-state index < -0.39 is 24.4 Å². The number of carbonyl (C=O) groups excluding carboxylic acids is 1. The largest absolute Gasteiger partial charge is 0.476 e. The van der Waals surface area contributed by atoms with Crippen LogP contribution in [0.25, 0.3) is 0 Å². The lowest BCUT2D eigenvalue weighted by molar-refractivity contribution is -0.142. The van der Waals surface area contributed by atoms with Gasteiger partial charge in [0.15, 0.2) is 5.69 Å². The number of rotatable bonds is 3. The molecule has 0 saturated heterocycles. The number of amides is 1. The Morgan fingerprint density at radius 1 is 1.58 bits per heavy atom. The summed E-state index contributed by atoms with van der Waals surface area (Å²) < 4.78 is 35.9. The Labute approximate surface area is 106 Å². The van der Waals surface area contributed by atoms with Crippen LogP contribution in [-0.2, 0) is 11.3 Å². The Hall–Kier alpha value is -2.26. The van der Waals surface area contributed by atoms with E-state index >= 15 is 0 Å². The molecular weight excluding hydrogens is 269 g/mol. The lowest BCUT2D eigenvalue weighted by Gasteiger charge is -2.04. The van der Waals surface area contributed by atoms with Crippen molar-refractivity contribution in [3.05, 3.63) is 11.9 Å². The van der Waals surface area contributed by atoms with E-state index in [0.29, 0.717) is 4.68 Å². The summed E-state index contributed by atoms with van der Waals surface area (Å²) in [7, 11) is 3.38. The molecule has 3 N–H and O–H groups in total. The summed E-state index contributed by atoms with van der Waals surface area (Å²) in [6.45, 7) is -1.36. The van der Waals surface area contributed by atoms with Crippen LogP contribution in [0.5, 0.6) is 0 Å². The van der Waals surface area contributed by atoms with Crippen LogP contribution in [0.15, 0.2) is 6.20 Å². The van der Waals surface area contributed by atoms with E-state index in [1.165, 1.54) is 4.90 Å². The first kappa shape index (κ1) is 16.7. The number of aromatic carboxylic acids is 1. The van der Waals surface area contributed by atoms with Gasteiger partial charge >= 0.3 is 12.1 Å². The maximum Gasteiger partial charge on any atom is 0.408 e. The molecular formula is C9H13F3N4O3. The standard InChI is InChI=1S/C6H6F3N3O2.C3H7NO/c7-6(8,9)2-12-1-3(10)4(11-12)5(13)14;1-4(2)3-5/h1H,2,10H2,(H,13,14);3H,1-2H3. The molecule has 0 unspecified atom stereocenters. The molecule has 1 aromatic heterocycles. The smallest absolute Gasteiger partial charge is 0.408 e. The fourth-order valence-corrected chi connectivity index (χ4v) is 0.868. The van der Waals surface area contributed by atoms with Crippen LogP contribution < -0.4 is 5.73 Å². The van der Waals surface area contributed by atoms with Crippen molar-refractivity contribution in [2.45, 2.75) is 12.7 Å². The summed E-state index contributed by atoms with van der Waals surface area (Å²) in [5.41, 5.74) is 4.26. The number of carboxylic acids is 1. The van der Waals surface area contributed by atoms with Crippen molar-refractivity contribution in [2.24, 2.45) is 0 Å². The van der Waals surface area contributed by atoms with Crippen LogP contribution in [0.4, 0.5) is 18.9 Å². The molecule has 0 spiro atoms. The van der Waals surface area contributed by atoms with Crippen LogP contribution >= 0.6 is 0 Å². The zero-order valence-corrected chi connectivity index (χ0v) is 10.2. The van der Waals surface area contributed by atoms with Gasteiger partial charge in [-0.25, -0.2) is 4.79 Å². The van der Waals surface area contributed by atoms with Gasteiger partial charge in [0.2, 0.25) is 6.41 Å². The third-order valence-corrected chi connectivity index (χ3v) is 1.54. The van der Waals surface area contributed by atoms with Crippen molar-refractivity contribution in [1.82, 2.24) is 14.7 Å². The van der Waals surface area contributed by atoms with E-state index in [2.05, 4.69) is 5.10 Å². The van der Waals surface area contributed by atoms with Crippen molar-refractivity contribution < 1.29 is 27.9 Å². The predicted molar refractivity (Wildman–Crippen MR) is 59.4 cm³/mol. The SMILES string of the molecule is CN(C)C=O.Nc1cn(CC(F)(F)F)nc1C(=O)O. The Morgan fingerprint density at radius 2 is 2.05 bits per heavy atom. The number of nitrogen functional groups attached to an aromatic ring is 1. The molecule has 1 heterocycles. The molecule has 0 saturated carbocycles. The number of halogens is 3. The monoisotopic (exact) mass is 282 g/mol. The molecule has 7 nitrogen and oxygen atoms in total. The number of hydrogen-bond acceptors (Lipinski definition) is 4. The highest BCUT2D eigenvalue weighted by Crippen LogP contribution is 2.18. The van der Waals surface area contributed by atoms with Crippen molar-refractivity contribution >= 4 is 18.1 Å². The molecule has 1 rings (SSSR count). The maximum atomic E-state index is 11.8. The zero-order valence-electron chi connectivity index (χ0n) is 10.2. The summed E-state index contributed by atoms with van der Waals surface area (Å²) in [5.74, 6) is -1.46. The second-order valence-electron chi connectivity index (χ2n) is 3.62. The van der Waals surface area contributed by atoms with Crippen molar-refractivity contribution in [2.75, 3.05) is 19.8 Å². The first-order valence-electron chi connectivity index (χ1n) is 4.81. The molecule has 1 amide bonds. The minimum atomic E-state index is -4.45. The summed E-state index contributed by atoms with van der Waals surface area (Å²) in [6.07, 6.45) is -2.87. The van der Waals surface area contributed by atoms with Crippen LogP contribution in [0, 0.1) is 0 Å². The number of aromatic nitrogens is 2. The minimum absolute atomic E-state index is 0.290. The van der Waals surface area contributed by atoms with Crippen LogP contribution in [0.1, 0.15) is 10.5 Å². The van der Waals surface area contributed by atoms with E-state index in [1.54, 1.807) is 14.1 Å². The van der Waals surface area contributed by atoms with Gasteiger partial charge in [-0.15, -0.1) is 0 Å². The van der Waals surface area contributed by atoms with Gasteiger partial charge in [0.05, 0.1) is 5.69 Å². The van der Waals surface area contributed by atoms with Crippen molar-refractivity contribution in [1.29, 1.82) is 0 Å². The first-order valence-corrected chi connectivity index (χ1v) is 4.81. The van der Waals surface area contributed by atoms with E-state index in [0.717, 1.165) is 12.6 Å². The molecule has 0 bridgehead atoms. The predicted octanol–water partition coefficient (Wildman–Crippen LogP) is 0.430. The van der Waals surface area contributed by atoms with Gasteiger partial charge in [0, 0.05) is 20.3 Å². The van der Waals surface area contributed by atoms with E-state index in [1.807, 2.05) is 0 Å². The zero-order chi connectivity index (χ0) is 15.2. The lowest BCUT2D eigenvalue weighted by atomic mass is 10.4. The molecule has 0 fully saturated rings. The highest BCUT2D eigenvalue weighted by Gasteiger charge is 2.29. The van der Waals surface area contributed by atoms with Gasteiger partial charge in [-0.05, 0) is 0 Å². The van der Waals surface area contributed by atoms with Gasteiger partial charge in [0.1, 0.15) is 6.54 Å². The van der Waals surface area contributed by atoms with Gasteiger partial charge in [-0.1, -0.05) is 0 Å². The fraction of sp³-hybridized carbons (Fsp3) is 0.444. The van der Waals surface area contributed by atoms with E-state index in [-0.39, 0.29) is 5.69 Å². The average Bonchev–Trinajstić information content (AvgIpc) is 2.57. The number of carboxylic acid groups (broad SMARTS) is 1. The highest BCUT2D eigenvalue weighted by atomic mass is 19.4. The second kappa shape index (κ2) is 6.61. The molecule has 0 radical (unpaired) electrons. The molecule has 0 aliphatic heterocycles. The second-order valence-corrected chi connectivity index (χ2v) is 3.62. The average molecular weight is 282 g/mol. The van der Waals surface area contributed by atoms with E-state index in [4.69, 9.17) is 10.8 Å². The Morgan fingerprint density at radius 3 is 2.32 bits per heavy atom. The quantitative estimate of drug-likeness (QED) is 0.783. The molecule has 108 valence electrons. The van der Waals surface area contributed by atoms with Gasteiger partial charge in [0.25, 0.3) is 0 Å². The van der Waals surface area contributed by atoms with Crippen LogP contribution in [0.2, 0.25) is 0 Å². The first-order chi connectivity index (χ1) is 8.56. The van der Waals surface area contributed by atoms with Crippen molar-refractivity contribution in [3.8, 4) is 0 Å². The third-order valence-electron chi connectivity index (χ3n) is 1.54. The lowest BCUT2D eigenvalue weighted by Crippen LogP contribution is -2.18. The maximum absolute atomic E-state index is 11.8. The summed E-state index contributed by atoms with van der Waals surface area (Å²) in [6, 6.07) is 0.